The number of benzene rings is 3. The Bertz CT molecular complexity index is 1530. The third-order valence-corrected chi connectivity index (χ3v) is 9.02. The van der Waals surface area contributed by atoms with Crippen molar-refractivity contribution in [2.24, 2.45) is 0 Å². The summed E-state index contributed by atoms with van der Waals surface area (Å²) in [5.74, 6) is -0.848. The predicted molar refractivity (Wildman–Crippen MR) is 148 cm³/mol. The van der Waals surface area contributed by atoms with Crippen LogP contribution < -0.4 is 10.0 Å². The maximum Gasteiger partial charge on any atom is 0.251 e. The van der Waals surface area contributed by atoms with E-state index in [0.29, 0.717) is 35.5 Å². The van der Waals surface area contributed by atoms with E-state index in [-0.39, 0.29) is 35.7 Å². The van der Waals surface area contributed by atoms with Crippen LogP contribution in [0.1, 0.15) is 30.1 Å². The van der Waals surface area contributed by atoms with Crippen LogP contribution in [0.25, 0.3) is 10.8 Å². The highest BCUT2D eigenvalue weighted by Crippen LogP contribution is 2.24. The lowest BCUT2D eigenvalue weighted by molar-refractivity contribution is -0.142. The molecule has 39 heavy (non-hydrogen) atoms. The molecule has 0 aromatic heterocycles. The van der Waals surface area contributed by atoms with E-state index >= 15 is 0 Å². The van der Waals surface area contributed by atoms with Crippen molar-refractivity contribution in [1.29, 1.82) is 0 Å². The normalized spacial score (nSPS) is 20.4. The molecule has 9 nitrogen and oxygen atoms in total. The molecule has 3 aromatic carbocycles. The first kappa shape index (κ1) is 27.1. The van der Waals surface area contributed by atoms with Gasteiger partial charge < -0.3 is 15.1 Å². The molecular weight excluding hydrogens is 540 g/mol. The number of nitrogens with zero attached hydrogens (tertiary/aromatic N) is 2. The number of carbonyl (C=O) groups is 3. The van der Waals surface area contributed by atoms with Gasteiger partial charge in [-0.1, -0.05) is 41.9 Å². The third kappa shape index (κ3) is 5.78. The van der Waals surface area contributed by atoms with E-state index < -0.39 is 28.0 Å². The van der Waals surface area contributed by atoms with Crippen molar-refractivity contribution in [1.82, 2.24) is 19.8 Å². The molecule has 2 N–H and O–H groups in total. The molecular formula is C28H29ClN4O5S. The van der Waals surface area contributed by atoms with E-state index in [1.54, 1.807) is 60.4 Å². The van der Waals surface area contributed by atoms with Gasteiger partial charge in [0.2, 0.25) is 21.8 Å². The van der Waals surface area contributed by atoms with Crippen molar-refractivity contribution in [2.45, 2.75) is 42.8 Å². The highest BCUT2D eigenvalue weighted by atomic mass is 35.5. The molecule has 2 saturated heterocycles. The lowest BCUT2D eigenvalue weighted by Crippen LogP contribution is -2.50. The molecule has 2 aliphatic rings. The van der Waals surface area contributed by atoms with Crippen molar-refractivity contribution in [3.05, 3.63) is 77.3 Å². The zero-order chi connectivity index (χ0) is 27.7. The first-order chi connectivity index (χ1) is 18.6. The second kappa shape index (κ2) is 11.0. The molecule has 1 unspecified atom stereocenters. The standard InChI is InChI=1S/C28H29ClN4O5S/c1-18(27(35)32-13-11-23(17-32)30-26(34)19-5-3-2-4-6-19)33-14-12-25(28(33)36)31-39(37,38)24-10-8-20-15-22(29)9-7-21(20)16-24/h2-10,15-16,18,23,25,31H,11-14,17H2,1H3,(H,30,34)/t18-,23?,25-/m0/s1. The SMILES string of the molecule is C[C@@H](C(=O)N1CCC(NC(=O)c2ccccc2)C1)N1CC[C@H](NS(=O)(=O)c2ccc3cc(Cl)ccc3c2)C1=O. The number of rotatable bonds is 7. The van der Waals surface area contributed by atoms with Gasteiger partial charge in [0.15, 0.2) is 0 Å². The van der Waals surface area contributed by atoms with Gasteiger partial charge in [-0.25, -0.2) is 8.42 Å². The molecule has 204 valence electrons. The molecule has 11 heteroatoms. The highest BCUT2D eigenvalue weighted by Gasteiger charge is 2.41. The summed E-state index contributed by atoms with van der Waals surface area (Å²) in [5.41, 5.74) is 0.555. The van der Waals surface area contributed by atoms with E-state index in [1.165, 1.54) is 17.0 Å². The monoisotopic (exact) mass is 568 g/mol. The van der Waals surface area contributed by atoms with Crippen molar-refractivity contribution in [2.75, 3.05) is 19.6 Å². The minimum Gasteiger partial charge on any atom is -0.347 e. The highest BCUT2D eigenvalue weighted by molar-refractivity contribution is 7.89. The van der Waals surface area contributed by atoms with Crippen LogP contribution in [-0.2, 0) is 19.6 Å². The molecule has 3 atom stereocenters. The number of hydrogen-bond donors (Lipinski definition) is 2. The Balaban J connectivity index is 1.19. The molecule has 0 saturated carbocycles. The second-order valence-corrected chi connectivity index (χ2v) is 12.1. The molecule has 0 bridgehead atoms. The van der Waals surface area contributed by atoms with E-state index in [0.717, 1.165) is 5.39 Å². The molecule has 2 fully saturated rings. The van der Waals surface area contributed by atoms with Gasteiger partial charge in [0, 0.05) is 36.3 Å². The lowest BCUT2D eigenvalue weighted by Gasteiger charge is -2.28. The van der Waals surface area contributed by atoms with Crippen molar-refractivity contribution in [3.63, 3.8) is 0 Å². The molecule has 0 aliphatic carbocycles. The van der Waals surface area contributed by atoms with Gasteiger partial charge in [0.05, 0.1) is 4.90 Å². The van der Waals surface area contributed by atoms with Crippen LogP contribution >= 0.6 is 11.6 Å². The average Bonchev–Trinajstić information content (AvgIpc) is 3.54. The lowest BCUT2D eigenvalue weighted by atomic mass is 10.1. The molecule has 3 aromatic rings. The fourth-order valence-corrected chi connectivity index (χ4v) is 6.59. The summed E-state index contributed by atoms with van der Waals surface area (Å²) in [6, 6.07) is 16.9. The van der Waals surface area contributed by atoms with Gasteiger partial charge in [-0.15, -0.1) is 0 Å². The Hall–Kier alpha value is -3.47. The fraction of sp³-hybridized carbons (Fsp3) is 0.321. The third-order valence-electron chi connectivity index (χ3n) is 7.32. The molecule has 0 spiro atoms. The largest absolute Gasteiger partial charge is 0.347 e. The van der Waals surface area contributed by atoms with Crippen LogP contribution in [0.3, 0.4) is 0 Å². The minimum atomic E-state index is -3.97. The first-order valence-electron chi connectivity index (χ1n) is 12.8. The maximum atomic E-state index is 13.2. The average molecular weight is 569 g/mol. The van der Waals surface area contributed by atoms with Crippen LogP contribution in [0.4, 0.5) is 0 Å². The summed E-state index contributed by atoms with van der Waals surface area (Å²) in [4.78, 5) is 41.9. The Morgan fingerprint density at radius 1 is 0.974 bits per heavy atom. The Morgan fingerprint density at radius 3 is 2.46 bits per heavy atom. The molecule has 2 heterocycles. The smallest absolute Gasteiger partial charge is 0.251 e. The van der Waals surface area contributed by atoms with E-state index in [2.05, 4.69) is 10.0 Å². The van der Waals surface area contributed by atoms with Gasteiger partial charge in [0.25, 0.3) is 5.91 Å². The van der Waals surface area contributed by atoms with Gasteiger partial charge >= 0.3 is 0 Å². The van der Waals surface area contributed by atoms with Crippen molar-refractivity contribution >= 4 is 50.1 Å². The number of halogens is 1. The number of likely N-dealkylation sites (tertiary alicyclic amines) is 2. The summed E-state index contributed by atoms with van der Waals surface area (Å²) >= 11 is 6.01. The molecule has 5 rings (SSSR count). The van der Waals surface area contributed by atoms with Gasteiger partial charge in [-0.05, 0) is 66.9 Å². The van der Waals surface area contributed by atoms with Gasteiger partial charge in [-0.3, -0.25) is 14.4 Å². The summed E-state index contributed by atoms with van der Waals surface area (Å²) in [5, 5.41) is 5.04. The van der Waals surface area contributed by atoms with Crippen LogP contribution in [-0.4, -0.2) is 73.7 Å². The molecule has 3 amide bonds. The summed E-state index contributed by atoms with van der Waals surface area (Å²) in [6.07, 6.45) is 0.875. The minimum absolute atomic E-state index is 0.0494. The van der Waals surface area contributed by atoms with Crippen LogP contribution in [0, 0.1) is 0 Å². The number of amides is 3. The summed E-state index contributed by atoms with van der Waals surface area (Å²) in [6.45, 7) is 2.74. The number of hydrogen-bond acceptors (Lipinski definition) is 5. The quantitative estimate of drug-likeness (QED) is 0.455. The Labute approximate surface area is 232 Å². The molecule has 0 radical (unpaired) electrons. The molecule has 2 aliphatic heterocycles. The van der Waals surface area contributed by atoms with Crippen molar-refractivity contribution < 1.29 is 22.8 Å². The number of sulfonamides is 1. The van der Waals surface area contributed by atoms with Crippen LogP contribution in [0.2, 0.25) is 5.02 Å². The number of carbonyl (C=O) groups excluding carboxylic acids is 3. The number of fused-ring (bicyclic) bond motifs is 1. The first-order valence-corrected chi connectivity index (χ1v) is 14.7. The van der Waals surface area contributed by atoms with Crippen molar-refractivity contribution in [3.8, 4) is 0 Å². The van der Waals surface area contributed by atoms with Crippen LogP contribution in [0.15, 0.2) is 71.6 Å². The zero-order valence-corrected chi connectivity index (χ0v) is 22.9. The van der Waals surface area contributed by atoms with Gasteiger partial charge in [0.1, 0.15) is 12.1 Å². The van der Waals surface area contributed by atoms with E-state index in [4.69, 9.17) is 11.6 Å². The number of nitrogens with one attached hydrogen (secondary N) is 2. The maximum absolute atomic E-state index is 13.2. The van der Waals surface area contributed by atoms with E-state index in [1.807, 2.05) is 6.07 Å². The fourth-order valence-electron chi connectivity index (χ4n) is 5.15. The van der Waals surface area contributed by atoms with Crippen LogP contribution in [0.5, 0.6) is 0 Å². The predicted octanol–water partition coefficient (Wildman–Crippen LogP) is 2.79. The van der Waals surface area contributed by atoms with E-state index in [9.17, 15) is 22.8 Å². The second-order valence-electron chi connectivity index (χ2n) is 9.93. The zero-order valence-electron chi connectivity index (χ0n) is 21.3. The Morgan fingerprint density at radius 2 is 1.69 bits per heavy atom. The summed E-state index contributed by atoms with van der Waals surface area (Å²) in [7, 11) is -3.97. The van der Waals surface area contributed by atoms with Gasteiger partial charge in [-0.2, -0.15) is 4.72 Å². The topological polar surface area (TPSA) is 116 Å². The Kier molecular flexibility index (Phi) is 7.61. The summed E-state index contributed by atoms with van der Waals surface area (Å²) < 4.78 is 28.7.